The van der Waals surface area contributed by atoms with Gasteiger partial charge in [-0.15, -0.1) is 0 Å². The van der Waals surface area contributed by atoms with Gasteiger partial charge in [0, 0.05) is 33.5 Å². The lowest BCUT2D eigenvalue weighted by Crippen LogP contribution is -2.17. The zero-order chi connectivity index (χ0) is 29.6. The number of hydrogen-bond acceptors (Lipinski definition) is 5. The molecular weight excluding hydrogens is 617 g/mol. The SMILES string of the molecule is c1ccc(CCSCC(CSCC(CSCCc2ccccc2)SCCc2ccccc2)SCCc2ccccc2)cc1. The monoisotopic (exact) mass is 662 g/mol. The summed E-state index contributed by atoms with van der Waals surface area (Å²) in [5, 5.41) is 1.41. The number of aryl methyl sites for hydroxylation is 4. The van der Waals surface area contributed by atoms with E-state index in [1.54, 1.807) is 0 Å². The second-order valence-corrected chi connectivity index (χ2v) is 16.8. The molecule has 2 unspecified atom stereocenters. The maximum atomic E-state index is 2.27. The molecule has 0 bridgehead atoms. The maximum Gasteiger partial charge on any atom is 0.0228 e. The predicted octanol–water partition coefficient (Wildman–Crippen LogP) is 10.4. The van der Waals surface area contributed by atoms with Gasteiger partial charge in [0.1, 0.15) is 0 Å². The van der Waals surface area contributed by atoms with Crippen LogP contribution in [0, 0.1) is 0 Å². The Morgan fingerprint density at radius 3 is 0.930 bits per heavy atom. The van der Waals surface area contributed by atoms with Crippen LogP contribution in [0.1, 0.15) is 22.3 Å². The van der Waals surface area contributed by atoms with Gasteiger partial charge in [-0.25, -0.2) is 0 Å². The number of hydrogen-bond donors (Lipinski definition) is 0. The van der Waals surface area contributed by atoms with Crippen LogP contribution < -0.4 is 0 Å². The van der Waals surface area contributed by atoms with Crippen LogP contribution in [0.3, 0.4) is 0 Å². The Labute approximate surface area is 282 Å². The molecule has 43 heavy (non-hydrogen) atoms. The van der Waals surface area contributed by atoms with Crippen molar-refractivity contribution >= 4 is 58.8 Å². The number of benzene rings is 4. The highest BCUT2D eigenvalue weighted by Crippen LogP contribution is 2.27. The normalized spacial score (nSPS) is 12.7. The van der Waals surface area contributed by atoms with E-state index in [0.29, 0.717) is 10.5 Å². The fraction of sp³-hybridized carbons (Fsp3) is 0.368. The van der Waals surface area contributed by atoms with E-state index in [0.717, 1.165) is 12.8 Å². The van der Waals surface area contributed by atoms with E-state index in [-0.39, 0.29) is 0 Å². The highest BCUT2D eigenvalue weighted by molar-refractivity contribution is 8.06. The van der Waals surface area contributed by atoms with Crippen molar-refractivity contribution in [3.05, 3.63) is 144 Å². The maximum absolute atomic E-state index is 2.27. The van der Waals surface area contributed by atoms with Crippen LogP contribution >= 0.6 is 58.8 Å². The van der Waals surface area contributed by atoms with Gasteiger partial charge in [0.25, 0.3) is 0 Å². The lowest BCUT2D eigenvalue weighted by Gasteiger charge is -2.20. The van der Waals surface area contributed by atoms with Crippen LogP contribution in [0.5, 0.6) is 0 Å². The molecule has 0 saturated heterocycles. The zero-order valence-corrected chi connectivity index (χ0v) is 29.3. The Morgan fingerprint density at radius 2 is 0.605 bits per heavy atom. The van der Waals surface area contributed by atoms with Gasteiger partial charge < -0.3 is 0 Å². The van der Waals surface area contributed by atoms with Gasteiger partial charge in [0.2, 0.25) is 0 Å². The Balaban J connectivity index is 1.23. The van der Waals surface area contributed by atoms with Crippen molar-refractivity contribution in [1.82, 2.24) is 0 Å². The summed E-state index contributed by atoms with van der Waals surface area (Å²) in [6.07, 6.45) is 4.66. The molecule has 0 aromatic heterocycles. The molecule has 0 N–H and O–H groups in total. The quantitative estimate of drug-likeness (QED) is 0.0766. The third-order valence-corrected chi connectivity index (χ3v) is 14.0. The molecule has 0 aliphatic carbocycles. The summed E-state index contributed by atoms with van der Waals surface area (Å²) >= 11 is 10.9. The summed E-state index contributed by atoms with van der Waals surface area (Å²) in [4.78, 5) is 0. The van der Waals surface area contributed by atoms with Crippen LogP contribution in [-0.4, -0.2) is 56.5 Å². The lowest BCUT2D eigenvalue weighted by molar-refractivity contribution is 1.08. The van der Waals surface area contributed by atoms with Crippen LogP contribution in [-0.2, 0) is 25.7 Å². The Morgan fingerprint density at radius 1 is 0.326 bits per heavy atom. The Bertz CT molecular complexity index is 1110. The van der Waals surface area contributed by atoms with Crippen molar-refractivity contribution in [3.8, 4) is 0 Å². The van der Waals surface area contributed by atoms with E-state index in [9.17, 15) is 0 Å². The van der Waals surface area contributed by atoms with Crippen LogP contribution in [0.25, 0.3) is 0 Å². The minimum atomic E-state index is 0.704. The molecule has 4 aromatic carbocycles. The van der Waals surface area contributed by atoms with Gasteiger partial charge in [-0.3, -0.25) is 0 Å². The number of thioether (sulfide) groups is 5. The highest BCUT2D eigenvalue weighted by atomic mass is 32.2. The first-order valence-corrected chi connectivity index (χ1v) is 21.0. The molecule has 5 heteroatoms. The third-order valence-electron chi connectivity index (χ3n) is 7.15. The van der Waals surface area contributed by atoms with E-state index in [2.05, 4.69) is 180 Å². The largest absolute Gasteiger partial charge is 0.160 e. The molecule has 0 saturated carbocycles. The number of rotatable bonds is 22. The second kappa shape index (κ2) is 22.2. The minimum absolute atomic E-state index is 0.704. The Kier molecular flexibility index (Phi) is 17.8. The molecule has 0 radical (unpaired) electrons. The van der Waals surface area contributed by atoms with Crippen molar-refractivity contribution in [1.29, 1.82) is 0 Å². The summed E-state index contributed by atoms with van der Waals surface area (Å²) in [7, 11) is 0. The first-order valence-electron chi connectivity index (χ1n) is 15.5. The van der Waals surface area contributed by atoms with Gasteiger partial charge in [-0.2, -0.15) is 58.8 Å². The van der Waals surface area contributed by atoms with Crippen molar-refractivity contribution in [2.75, 3.05) is 46.0 Å². The van der Waals surface area contributed by atoms with Crippen molar-refractivity contribution < 1.29 is 0 Å². The first-order chi connectivity index (χ1) is 21.3. The van der Waals surface area contributed by atoms with Crippen LogP contribution in [0.15, 0.2) is 121 Å². The molecule has 0 amide bonds. The third kappa shape index (κ3) is 15.5. The molecule has 4 aromatic rings. The van der Waals surface area contributed by atoms with Crippen molar-refractivity contribution in [2.45, 2.75) is 36.2 Å². The molecular formula is C38H46S5. The molecule has 0 fully saturated rings. The fourth-order valence-electron chi connectivity index (χ4n) is 4.69. The van der Waals surface area contributed by atoms with Crippen molar-refractivity contribution in [3.63, 3.8) is 0 Å². The summed E-state index contributed by atoms with van der Waals surface area (Å²) in [6, 6.07) is 43.9. The molecule has 228 valence electrons. The fourth-order valence-corrected chi connectivity index (χ4v) is 11.8. The smallest absolute Gasteiger partial charge is 0.0228 e. The van der Waals surface area contributed by atoms with Gasteiger partial charge >= 0.3 is 0 Å². The average Bonchev–Trinajstić information content (AvgIpc) is 3.06. The summed E-state index contributed by atoms with van der Waals surface area (Å²) in [5.41, 5.74) is 5.83. The van der Waals surface area contributed by atoms with Gasteiger partial charge in [-0.1, -0.05) is 121 Å². The van der Waals surface area contributed by atoms with Crippen LogP contribution in [0.4, 0.5) is 0 Å². The molecule has 0 nitrogen and oxygen atoms in total. The molecule has 0 aliphatic rings. The summed E-state index contributed by atoms with van der Waals surface area (Å²) in [6.45, 7) is 0. The summed E-state index contributed by atoms with van der Waals surface area (Å²) < 4.78 is 0. The Hall–Kier alpha value is -1.37. The first kappa shape index (κ1) is 34.5. The molecule has 0 aliphatic heterocycles. The molecule has 2 atom stereocenters. The molecule has 0 spiro atoms. The van der Waals surface area contributed by atoms with Crippen LogP contribution in [0.2, 0.25) is 0 Å². The van der Waals surface area contributed by atoms with Gasteiger partial charge in [0.05, 0.1) is 0 Å². The standard InChI is InChI=1S/C38H46S5/c1-5-13-33(14-6-1)21-25-39-29-37(42-27-23-35-17-9-3-10-18-35)31-41-32-38(43-28-24-36-19-11-4-12-20-36)30-40-26-22-34-15-7-2-8-16-34/h1-20,37-38H,21-32H2. The highest BCUT2D eigenvalue weighted by Gasteiger charge is 2.15. The predicted molar refractivity (Wildman–Crippen MR) is 205 cm³/mol. The second-order valence-electron chi connectivity index (χ2n) is 10.6. The topological polar surface area (TPSA) is 0 Å². The lowest BCUT2D eigenvalue weighted by atomic mass is 10.2. The minimum Gasteiger partial charge on any atom is -0.160 e. The average molecular weight is 663 g/mol. The van der Waals surface area contributed by atoms with Gasteiger partial charge in [0.15, 0.2) is 0 Å². The zero-order valence-electron chi connectivity index (χ0n) is 25.2. The van der Waals surface area contributed by atoms with E-state index in [1.165, 1.54) is 81.1 Å². The van der Waals surface area contributed by atoms with E-state index < -0.39 is 0 Å². The molecule has 0 heterocycles. The van der Waals surface area contributed by atoms with E-state index in [1.807, 2.05) is 0 Å². The van der Waals surface area contributed by atoms with E-state index >= 15 is 0 Å². The van der Waals surface area contributed by atoms with Gasteiger partial charge in [-0.05, 0) is 70.9 Å². The van der Waals surface area contributed by atoms with E-state index in [4.69, 9.17) is 0 Å². The van der Waals surface area contributed by atoms with Crippen molar-refractivity contribution in [2.24, 2.45) is 0 Å². The summed E-state index contributed by atoms with van der Waals surface area (Å²) in [5.74, 6) is 9.83. The molecule has 4 rings (SSSR count).